The number of anilines is 3. The molecule has 0 spiro atoms. The molecular formula is C25H25ClN8O3. The molecule has 0 unspecified atom stereocenters. The average molecular weight is 521 g/mol. The molecule has 12 heteroatoms. The lowest BCUT2D eigenvalue weighted by Crippen LogP contribution is -2.28. The molecule has 0 saturated carbocycles. The van der Waals surface area contributed by atoms with Crippen LogP contribution in [0.15, 0.2) is 70.2 Å². The van der Waals surface area contributed by atoms with E-state index in [-0.39, 0.29) is 22.2 Å². The van der Waals surface area contributed by atoms with E-state index in [2.05, 4.69) is 36.1 Å². The Morgan fingerprint density at radius 1 is 1.03 bits per heavy atom. The van der Waals surface area contributed by atoms with Gasteiger partial charge in [-0.15, -0.1) is 0 Å². The van der Waals surface area contributed by atoms with Crippen LogP contribution in [0, 0.1) is 10.1 Å². The van der Waals surface area contributed by atoms with Gasteiger partial charge in [0.15, 0.2) is 0 Å². The average Bonchev–Trinajstić information content (AvgIpc) is 3.30. The fourth-order valence-corrected chi connectivity index (χ4v) is 3.48. The van der Waals surface area contributed by atoms with Crippen molar-refractivity contribution in [3.8, 4) is 11.3 Å². The van der Waals surface area contributed by atoms with Gasteiger partial charge in [-0.05, 0) is 44.5 Å². The molecule has 0 radical (unpaired) electrons. The predicted molar refractivity (Wildman–Crippen MR) is 144 cm³/mol. The molecule has 0 aliphatic rings. The van der Waals surface area contributed by atoms with Crippen LogP contribution in [0.25, 0.3) is 11.3 Å². The molecule has 0 fully saturated rings. The fourth-order valence-electron chi connectivity index (χ4n) is 3.21. The summed E-state index contributed by atoms with van der Waals surface area (Å²) in [4.78, 5) is 23.7. The first-order valence-electron chi connectivity index (χ1n) is 11.3. The summed E-state index contributed by atoms with van der Waals surface area (Å²) in [6.45, 7) is 6.56. The smallest absolute Gasteiger partial charge is 0.270 e. The molecule has 0 saturated heterocycles. The van der Waals surface area contributed by atoms with Gasteiger partial charge in [-0.3, -0.25) is 10.1 Å². The number of nitrogens with zero attached hydrogens (tertiary/aromatic N) is 5. The van der Waals surface area contributed by atoms with Gasteiger partial charge >= 0.3 is 0 Å². The summed E-state index contributed by atoms with van der Waals surface area (Å²) >= 11 is 6.20. The molecule has 2 aromatic carbocycles. The van der Waals surface area contributed by atoms with Gasteiger partial charge in [-0.1, -0.05) is 41.9 Å². The number of hydrogen-bond donors (Lipinski definition) is 3. The maximum atomic E-state index is 10.9. The van der Waals surface area contributed by atoms with Crippen LogP contribution in [0.2, 0.25) is 5.02 Å². The van der Waals surface area contributed by atoms with Gasteiger partial charge in [0.05, 0.1) is 16.2 Å². The Hall–Kier alpha value is -4.51. The Morgan fingerprint density at radius 2 is 1.76 bits per heavy atom. The zero-order valence-corrected chi connectivity index (χ0v) is 21.2. The van der Waals surface area contributed by atoms with Gasteiger partial charge in [0, 0.05) is 29.8 Å². The summed E-state index contributed by atoms with van der Waals surface area (Å²) in [7, 11) is 0. The zero-order chi connectivity index (χ0) is 26.4. The molecule has 11 nitrogen and oxygen atoms in total. The number of rotatable bonds is 9. The number of hydrogen-bond acceptors (Lipinski definition) is 10. The number of nitro benzene ring substituents is 1. The van der Waals surface area contributed by atoms with E-state index in [1.54, 1.807) is 12.1 Å². The summed E-state index contributed by atoms with van der Waals surface area (Å²) in [5, 5.41) is 21.8. The summed E-state index contributed by atoms with van der Waals surface area (Å²) in [5.74, 6) is 1.89. The lowest BCUT2D eigenvalue weighted by atomic mass is 10.1. The monoisotopic (exact) mass is 520 g/mol. The molecule has 4 aromatic rings. The molecule has 2 heterocycles. The molecule has 0 amide bonds. The molecule has 37 heavy (non-hydrogen) atoms. The quantitative estimate of drug-likeness (QED) is 0.138. The van der Waals surface area contributed by atoms with Crippen molar-refractivity contribution in [2.24, 2.45) is 5.10 Å². The first-order valence-corrected chi connectivity index (χ1v) is 11.7. The minimum absolute atomic E-state index is 0.0957. The zero-order valence-electron chi connectivity index (χ0n) is 20.4. The molecule has 0 aliphatic carbocycles. The Labute approximate surface area is 218 Å². The number of benzene rings is 2. The number of furan rings is 1. The lowest BCUT2D eigenvalue weighted by Gasteiger charge is -2.20. The van der Waals surface area contributed by atoms with E-state index >= 15 is 0 Å². The van der Waals surface area contributed by atoms with Crippen molar-refractivity contribution in [2.45, 2.75) is 32.9 Å². The Balaban J connectivity index is 1.48. The topological polar surface area (TPSA) is 143 Å². The minimum atomic E-state index is -0.506. The number of aromatic nitrogens is 3. The van der Waals surface area contributed by atoms with Crippen molar-refractivity contribution in [1.82, 2.24) is 15.0 Å². The van der Waals surface area contributed by atoms with Crippen LogP contribution in [-0.2, 0) is 6.54 Å². The standard InChI is InChI=1S/C25H25ClN8O3/c1-25(2,3)32-23-29-22(27-14-16-7-5-4-6-8-16)30-24(31-23)33-28-15-18-10-12-21(37-18)19-11-9-17(34(35)36)13-20(19)26/h4-13,15H,14H2,1-3H3,(H3,27,29,30,31,32,33)/b28-15+. The van der Waals surface area contributed by atoms with Gasteiger partial charge in [-0.25, -0.2) is 5.43 Å². The van der Waals surface area contributed by atoms with Crippen LogP contribution >= 0.6 is 11.6 Å². The largest absolute Gasteiger partial charge is 0.455 e. The first-order chi connectivity index (χ1) is 17.7. The molecular weight excluding hydrogens is 496 g/mol. The van der Waals surface area contributed by atoms with Gasteiger partial charge in [0.2, 0.25) is 17.8 Å². The second-order valence-corrected chi connectivity index (χ2v) is 9.42. The van der Waals surface area contributed by atoms with Crippen LogP contribution in [-0.4, -0.2) is 31.6 Å². The molecule has 2 aromatic heterocycles. The number of halogens is 1. The Morgan fingerprint density at radius 3 is 2.46 bits per heavy atom. The maximum absolute atomic E-state index is 10.9. The van der Waals surface area contributed by atoms with Crippen LogP contribution in [0.4, 0.5) is 23.5 Å². The number of hydrazone groups is 1. The highest BCUT2D eigenvalue weighted by Crippen LogP contribution is 2.32. The van der Waals surface area contributed by atoms with Crippen molar-refractivity contribution in [2.75, 3.05) is 16.1 Å². The highest BCUT2D eigenvalue weighted by atomic mass is 35.5. The van der Waals surface area contributed by atoms with E-state index in [0.29, 0.717) is 35.5 Å². The third-order valence-electron chi connectivity index (χ3n) is 4.83. The summed E-state index contributed by atoms with van der Waals surface area (Å²) in [5.41, 5.74) is 4.06. The molecule has 3 N–H and O–H groups in total. The Bertz CT molecular complexity index is 1420. The molecule has 0 aliphatic heterocycles. The molecule has 0 bridgehead atoms. The van der Waals surface area contributed by atoms with E-state index in [0.717, 1.165) is 5.56 Å². The number of non-ortho nitro benzene ring substituents is 1. The van der Waals surface area contributed by atoms with Crippen LogP contribution in [0.3, 0.4) is 0 Å². The second kappa shape index (κ2) is 11.0. The van der Waals surface area contributed by atoms with E-state index in [1.807, 2.05) is 51.1 Å². The minimum Gasteiger partial charge on any atom is -0.455 e. The fraction of sp³-hybridized carbons (Fsp3) is 0.200. The third kappa shape index (κ3) is 7.24. The van der Waals surface area contributed by atoms with Crippen molar-refractivity contribution >= 4 is 41.3 Å². The van der Waals surface area contributed by atoms with Crippen molar-refractivity contribution in [3.05, 3.63) is 87.1 Å². The van der Waals surface area contributed by atoms with Gasteiger partial charge in [-0.2, -0.15) is 20.1 Å². The number of nitrogens with one attached hydrogen (secondary N) is 3. The van der Waals surface area contributed by atoms with E-state index in [4.69, 9.17) is 16.0 Å². The highest BCUT2D eigenvalue weighted by molar-refractivity contribution is 6.33. The second-order valence-electron chi connectivity index (χ2n) is 9.01. The van der Waals surface area contributed by atoms with Gasteiger partial charge < -0.3 is 15.1 Å². The molecule has 0 atom stereocenters. The van der Waals surface area contributed by atoms with E-state index in [9.17, 15) is 10.1 Å². The van der Waals surface area contributed by atoms with Crippen LogP contribution in [0.1, 0.15) is 32.1 Å². The Kier molecular flexibility index (Phi) is 7.63. The maximum Gasteiger partial charge on any atom is 0.270 e. The summed E-state index contributed by atoms with van der Waals surface area (Å²) < 4.78 is 5.77. The van der Waals surface area contributed by atoms with Crippen molar-refractivity contribution in [1.29, 1.82) is 0 Å². The summed E-state index contributed by atoms with van der Waals surface area (Å²) in [6, 6.07) is 17.5. The van der Waals surface area contributed by atoms with Crippen molar-refractivity contribution in [3.63, 3.8) is 0 Å². The SMILES string of the molecule is CC(C)(C)Nc1nc(NCc2ccccc2)nc(N/N=C/c2ccc(-c3ccc([N+](=O)[O-])cc3Cl)o2)n1. The highest BCUT2D eigenvalue weighted by Gasteiger charge is 2.15. The molecule has 190 valence electrons. The van der Waals surface area contributed by atoms with Gasteiger partial charge in [0.25, 0.3) is 5.69 Å². The normalized spacial score (nSPS) is 11.5. The van der Waals surface area contributed by atoms with Gasteiger partial charge in [0.1, 0.15) is 11.5 Å². The van der Waals surface area contributed by atoms with Crippen LogP contribution < -0.4 is 16.1 Å². The van der Waals surface area contributed by atoms with E-state index < -0.39 is 4.92 Å². The van der Waals surface area contributed by atoms with Crippen molar-refractivity contribution < 1.29 is 9.34 Å². The lowest BCUT2D eigenvalue weighted by molar-refractivity contribution is -0.384. The van der Waals surface area contributed by atoms with E-state index in [1.165, 1.54) is 24.4 Å². The third-order valence-corrected chi connectivity index (χ3v) is 5.14. The first kappa shape index (κ1) is 25.6. The number of nitro groups is 1. The summed E-state index contributed by atoms with van der Waals surface area (Å²) in [6.07, 6.45) is 1.46. The molecule has 4 rings (SSSR count). The predicted octanol–water partition coefficient (Wildman–Crippen LogP) is 5.96. The van der Waals surface area contributed by atoms with Crippen LogP contribution in [0.5, 0.6) is 0 Å².